The van der Waals surface area contributed by atoms with Gasteiger partial charge in [0.1, 0.15) is 0 Å². The number of amidine groups is 1. The lowest BCUT2D eigenvalue weighted by Crippen LogP contribution is -2.56. The Hall–Kier alpha value is -1.75. The number of nitrogens with two attached hydrogens (primary N) is 1. The molecule has 5 heteroatoms. The van der Waals surface area contributed by atoms with Crippen molar-refractivity contribution in [3.63, 3.8) is 0 Å². The molecule has 0 radical (unpaired) electrons. The predicted octanol–water partition coefficient (Wildman–Crippen LogP) is 2.01. The molecule has 0 bridgehead atoms. The molecule has 0 aromatic heterocycles. The maximum Gasteiger partial charge on any atom is 0.172 e. The molecular formula is C16H26N4O. The van der Waals surface area contributed by atoms with Crippen molar-refractivity contribution in [2.24, 2.45) is 10.9 Å². The molecule has 0 amide bonds. The number of benzene rings is 1. The SMILES string of the molecule is Cc1ccc(N(C)CC2(N(C)C)CCC2)c(/C(N)=N/O)c1. The van der Waals surface area contributed by atoms with E-state index in [1.54, 1.807) is 0 Å². The van der Waals surface area contributed by atoms with Crippen LogP contribution in [0.1, 0.15) is 30.4 Å². The highest BCUT2D eigenvalue weighted by atomic mass is 16.4. The minimum atomic E-state index is 0.160. The van der Waals surface area contributed by atoms with Crippen molar-refractivity contribution in [1.82, 2.24) is 4.90 Å². The van der Waals surface area contributed by atoms with E-state index in [0.717, 1.165) is 23.4 Å². The number of nitrogens with zero attached hydrogens (tertiary/aromatic N) is 3. The fraction of sp³-hybridized carbons (Fsp3) is 0.562. The van der Waals surface area contributed by atoms with Gasteiger partial charge in [-0.3, -0.25) is 0 Å². The van der Waals surface area contributed by atoms with Crippen LogP contribution in [0.3, 0.4) is 0 Å². The minimum Gasteiger partial charge on any atom is -0.409 e. The van der Waals surface area contributed by atoms with E-state index in [1.165, 1.54) is 19.3 Å². The number of rotatable bonds is 5. The van der Waals surface area contributed by atoms with Gasteiger partial charge in [0.05, 0.1) is 0 Å². The molecule has 1 aliphatic carbocycles. The first kappa shape index (κ1) is 15.6. The van der Waals surface area contributed by atoms with E-state index in [4.69, 9.17) is 10.9 Å². The molecule has 0 spiro atoms. The van der Waals surface area contributed by atoms with E-state index < -0.39 is 0 Å². The Bertz CT molecular complexity index is 535. The summed E-state index contributed by atoms with van der Waals surface area (Å²) in [6.45, 7) is 2.94. The van der Waals surface area contributed by atoms with Gasteiger partial charge in [-0.2, -0.15) is 0 Å². The Labute approximate surface area is 127 Å². The molecule has 5 nitrogen and oxygen atoms in total. The Kier molecular flexibility index (Phi) is 4.42. The topological polar surface area (TPSA) is 65.1 Å². The van der Waals surface area contributed by atoms with Crippen molar-refractivity contribution in [3.05, 3.63) is 29.3 Å². The number of hydrogen-bond acceptors (Lipinski definition) is 4. The molecule has 0 saturated heterocycles. The lowest BCUT2D eigenvalue weighted by molar-refractivity contribution is 0.0683. The summed E-state index contributed by atoms with van der Waals surface area (Å²) in [5.74, 6) is 0.160. The average molecular weight is 290 g/mol. The minimum absolute atomic E-state index is 0.160. The van der Waals surface area contributed by atoms with Crippen molar-refractivity contribution in [2.45, 2.75) is 31.7 Å². The lowest BCUT2D eigenvalue weighted by atomic mass is 9.75. The fourth-order valence-corrected chi connectivity index (χ4v) is 3.10. The predicted molar refractivity (Wildman–Crippen MR) is 87.2 cm³/mol. The molecule has 1 saturated carbocycles. The first-order valence-corrected chi connectivity index (χ1v) is 7.37. The summed E-state index contributed by atoms with van der Waals surface area (Å²) in [5, 5.41) is 12.2. The van der Waals surface area contributed by atoms with Crippen LogP contribution >= 0.6 is 0 Å². The van der Waals surface area contributed by atoms with Crippen LogP contribution in [0.5, 0.6) is 0 Å². The zero-order chi connectivity index (χ0) is 15.6. The first-order chi connectivity index (χ1) is 9.89. The Morgan fingerprint density at radius 1 is 1.33 bits per heavy atom. The second kappa shape index (κ2) is 5.93. The van der Waals surface area contributed by atoms with Gasteiger partial charge in [-0.15, -0.1) is 0 Å². The van der Waals surface area contributed by atoms with E-state index >= 15 is 0 Å². The second-order valence-electron chi connectivity index (χ2n) is 6.33. The van der Waals surface area contributed by atoms with Crippen LogP contribution in [-0.2, 0) is 0 Å². The van der Waals surface area contributed by atoms with Crippen LogP contribution < -0.4 is 10.6 Å². The highest BCUT2D eigenvalue weighted by Gasteiger charge is 2.40. The fourth-order valence-electron chi connectivity index (χ4n) is 3.10. The summed E-state index contributed by atoms with van der Waals surface area (Å²) in [5.41, 5.74) is 8.96. The highest BCUT2D eigenvalue weighted by molar-refractivity contribution is 6.02. The third-order valence-corrected chi connectivity index (χ3v) is 4.71. The monoisotopic (exact) mass is 290 g/mol. The Balaban J connectivity index is 2.29. The van der Waals surface area contributed by atoms with Crippen LogP contribution in [0.4, 0.5) is 5.69 Å². The van der Waals surface area contributed by atoms with Crippen molar-refractivity contribution < 1.29 is 5.21 Å². The first-order valence-electron chi connectivity index (χ1n) is 7.37. The Morgan fingerprint density at radius 3 is 2.48 bits per heavy atom. The van der Waals surface area contributed by atoms with E-state index in [0.29, 0.717) is 0 Å². The van der Waals surface area contributed by atoms with Crippen molar-refractivity contribution in [2.75, 3.05) is 32.6 Å². The number of aryl methyl sites for hydroxylation is 1. The van der Waals surface area contributed by atoms with Gasteiger partial charge in [0.2, 0.25) is 0 Å². The molecule has 21 heavy (non-hydrogen) atoms. The number of likely N-dealkylation sites (N-methyl/N-ethyl adjacent to an activating group) is 2. The molecule has 116 valence electrons. The van der Waals surface area contributed by atoms with Crippen LogP contribution in [-0.4, -0.2) is 49.2 Å². The zero-order valence-corrected chi connectivity index (χ0v) is 13.4. The third kappa shape index (κ3) is 2.97. The molecule has 1 aliphatic rings. The lowest BCUT2D eigenvalue weighted by Gasteiger charge is -2.49. The largest absolute Gasteiger partial charge is 0.409 e. The van der Waals surface area contributed by atoms with Gasteiger partial charge in [0, 0.05) is 30.4 Å². The average Bonchev–Trinajstić information content (AvgIpc) is 2.41. The van der Waals surface area contributed by atoms with E-state index in [-0.39, 0.29) is 11.4 Å². The summed E-state index contributed by atoms with van der Waals surface area (Å²) in [4.78, 5) is 4.54. The maximum absolute atomic E-state index is 9.00. The molecule has 0 unspecified atom stereocenters. The zero-order valence-electron chi connectivity index (χ0n) is 13.4. The number of oxime groups is 1. The van der Waals surface area contributed by atoms with E-state index in [1.807, 2.05) is 19.1 Å². The normalized spacial score (nSPS) is 17.7. The van der Waals surface area contributed by atoms with Crippen molar-refractivity contribution >= 4 is 11.5 Å². The molecule has 2 rings (SSSR count). The van der Waals surface area contributed by atoms with Crippen molar-refractivity contribution in [1.29, 1.82) is 0 Å². The third-order valence-electron chi connectivity index (χ3n) is 4.71. The van der Waals surface area contributed by atoms with Gasteiger partial charge in [-0.05, 0) is 52.4 Å². The van der Waals surface area contributed by atoms with E-state index in [2.05, 4.69) is 42.2 Å². The van der Waals surface area contributed by atoms with Crippen LogP contribution in [0.25, 0.3) is 0 Å². The number of anilines is 1. The summed E-state index contributed by atoms with van der Waals surface area (Å²) in [6.07, 6.45) is 3.72. The maximum atomic E-state index is 9.00. The molecule has 0 atom stereocenters. The molecule has 1 fully saturated rings. The number of hydrogen-bond donors (Lipinski definition) is 2. The van der Waals surface area contributed by atoms with Crippen molar-refractivity contribution in [3.8, 4) is 0 Å². The molecule has 3 N–H and O–H groups in total. The molecule has 0 aliphatic heterocycles. The van der Waals surface area contributed by atoms with Crippen LogP contribution in [0, 0.1) is 6.92 Å². The van der Waals surface area contributed by atoms with E-state index in [9.17, 15) is 0 Å². The smallest absolute Gasteiger partial charge is 0.172 e. The quantitative estimate of drug-likeness (QED) is 0.377. The van der Waals surface area contributed by atoms with Gasteiger partial charge in [-0.25, -0.2) is 0 Å². The Morgan fingerprint density at radius 2 is 2.00 bits per heavy atom. The molecule has 1 aromatic carbocycles. The van der Waals surface area contributed by atoms with Crippen LogP contribution in [0.2, 0.25) is 0 Å². The van der Waals surface area contributed by atoms with Gasteiger partial charge in [-0.1, -0.05) is 16.8 Å². The molecule has 1 aromatic rings. The van der Waals surface area contributed by atoms with Gasteiger partial charge in [0.15, 0.2) is 5.84 Å². The summed E-state index contributed by atoms with van der Waals surface area (Å²) >= 11 is 0. The van der Waals surface area contributed by atoms with Gasteiger partial charge >= 0.3 is 0 Å². The summed E-state index contributed by atoms with van der Waals surface area (Å²) < 4.78 is 0. The van der Waals surface area contributed by atoms with Gasteiger partial charge in [0.25, 0.3) is 0 Å². The van der Waals surface area contributed by atoms with Crippen LogP contribution in [0.15, 0.2) is 23.4 Å². The standard InChI is InChI=1S/C16H26N4O/c1-12-6-7-14(13(10-12)15(17)18-21)20(4)11-16(19(2)3)8-5-9-16/h6-7,10,21H,5,8-9,11H2,1-4H3,(H2,17,18). The second-order valence-corrected chi connectivity index (χ2v) is 6.33. The highest BCUT2D eigenvalue weighted by Crippen LogP contribution is 2.37. The summed E-state index contributed by atoms with van der Waals surface area (Å²) in [7, 11) is 6.36. The van der Waals surface area contributed by atoms with Gasteiger partial charge < -0.3 is 20.7 Å². The molecule has 0 heterocycles. The molecular weight excluding hydrogens is 264 g/mol. The summed E-state index contributed by atoms with van der Waals surface area (Å²) in [6, 6.07) is 6.07.